The van der Waals surface area contributed by atoms with E-state index >= 15 is 0 Å². The molecule has 5 nitrogen and oxygen atoms in total. The molecule has 3 rings (SSSR count). The summed E-state index contributed by atoms with van der Waals surface area (Å²) >= 11 is 1.30. The van der Waals surface area contributed by atoms with Gasteiger partial charge in [0, 0.05) is 37.4 Å². The zero-order valence-corrected chi connectivity index (χ0v) is 13.6. The third-order valence-corrected chi connectivity index (χ3v) is 4.09. The number of pyridine rings is 1. The van der Waals surface area contributed by atoms with E-state index in [1.54, 1.807) is 7.11 Å². The molecule has 0 amide bonds. The summed E-state index contributed by atoms with van der Waals surface area (Å²) in [6, 6.07) is 10.5. The Bertz CT molecular complexity index is 787. The number of rotatable bonds is 5. The van der Waals surface area contributed by atoms with Crippen LogP contribution < -0.4 is 9.62 Å². The molecule has 0 atom stereocenters. The van der Waals surface area contributed by atoms with Gasteiger partial charge in [0.2, 0.25) is 0 Å². The van der Waals surface area contributed by atoms with Crippen LogP contribution in [0.25, 0.3) is 22.2 Å². The highest BCUT2D eigenvalue weighted by atomic mass is 32.2. The molecule has 0 spiro atoms. The van der Waals surface area contributed by atoms with Crippen LogP contribution in [0.3, 0.4) is 0 Å². The van der Waals surface area contributed by atoms with Crippen LogP contribution in [-0.4, -0.2) is 31.2 Å². The van der Waals surface area contributed by atoms with Crippen LogP contribution in [0.15, 0.2) is 42.7 Å². The molecule has 6 heteroatoms. The lowest BCUT2D eigenvalue weighted by Crippen LogP contribution is -2.09. The number of nitrogens with zero attached hydrogens (tertiary/aromatic N) is 2. The second kappa shape index (κ2) is 6.29. The summed E-state index contributed by atoms with van der Waals surface area (Å²) in [4.78, 5) is 7.56. The fraction of sp³-hybridized carbons (Fsp3) is 0.188. The molecule has 1 aromatic carbocycles. The Balaban J connectivity index is 2.00. The number of nitrogens with one attached hydrogen (secondary N) is 2. The van der Waals surface area contributed by atoms with Crippen molar-refractivity contribution in [3.05, 3.63) is 42.7 Å². The van der Waals surface area contributed by atoms with Crippen LogP contribution in [-0.2, 0) is 4.18 Å². The van der Waals surface area contributed by atoms with Gasteiger partial charge in [-0.1, -0.05) is 6.07 Å². The van der Waals surface area contributed by atoms with E-state index in [0.717, 1.165) is 33.5 Å². The summed E-state index contributed by atoms with van der Waals surface area (Å²) in [5.74, 6) is 0. The molecular weight excluding hydrogens is 296 g/mol. The molecule has 2 aromatic heterocycles. The van der Waals surface area contributed by atoms with E-state index in [0.29, 0.717) is 0 Å². The van der Waals surface area contributed by atoms with Crippen molar-refractivity contribution >= 4 is 34.6 Å². The first-order valence-corrected chi connectivity index (χ1v) is 7.62. The molecule has 0 fully saturated rings. The quantitative estimate of drug-likeness (QED) is 0.552. The number of hydrogen-bond donors (Lipinski definition) is 2. The average molecular weight is 314 g/mol. The zero-order valence-electron chi connectivity index (χ0n) is 12.8. The summed E-state index contributed by atoms with van der Waals surface area (Å²) in [6.07, 6.45) is 3.79. The maximum atomic E-state index is 5.11. The number of H-pyrrole nitrogens is 1. The van der Waals surface area contributed by atoms with Crippen molar-refractivity contribution in [3.8, 4) is 11.1 Å². The highest BCUT2D eigenvalue weighted by molar-refractivity contribution is 7.96. The second-order valence-corrected chi connectivity index (χ2v) is 5.89. The minimum Gasteiger partial charge on any atom is -0.386 e. The van der Waals surface area contributed by atoms with Gasteiger partial charge in [-0.25, -0.2) is 4.98 Å². The molecule has 0 bridgehead atoms. The van der Waals surface area contributed by atoms with E-state index in [9.17, 15) is 0 Å². The van der Waals surface area contributed by atoms with Crippen LogP contribution >= 0.6 is 12.2 Å². The van der Waals surface area contributed by atoms with Crippen molar-refractivity contribution in [1.29, 1.82) is 0 Å². The Morgan fingerprint density at radius 3 is 2.86 bits per heavy atom. The first kappa shape index (κ1) is 14.7. The van der Waals surface area contributed by atoms with E-state index in [4.69, 9.17) is 4.18 Å². The maximum absolute atomic E-state index is 5.11. The monoisotopic (exact) mass is 314 g/mol. The molecular formula is C16H18N4OS. The third kappa shape index (κ3) is 2.75. The second-order valence-electron chi connectivity index (χ2n) is 4.86. The average Bonchev–Trinajstić information content (AvgIpc) is 3.02. The normalized spacial score (nSPS) is 10.9. The predicted octanol–water partition coefficient (Wildman–Crippen LogP) is 3.92. The van der Waals surface area contributed by atoms with Gasteiger partial charge < -0.3 is 14.5 Å². The van der Waals surface area contributed by atoms with Crippen molar-refractivity contribution in [2.24, 2.45) is 0 Å². The summed E-state index contributed by atoms with van der Waals surface area (Å²) in [6.45, 7) is 0. The maximum Gasteiger partial charge on any atom is 0.137 e. The molecule has 114 valence electrons. The minimum atomic E-state index is 0.908. The molecule has 3 aromatic rings. The van der Waals surface area contributed by atoms with Crippen LogP contribution in [0.5, 0.6) is 0 Å². The molecule has 22 heavy (non-hydrogen) atoms. The summed E-state index contributed by atoms with van der Waals surface area (Å²) in [5, 5.41) is 4.35. The summed E-state index contributed by atoms with van der Waals surface area (Å²) < 4.78 is 7.09. The van der Waals surface area contributed by atoms with Crippen LogP contribution in [0.4, 0.5) is 11.4 Å². The molecule has 0 saturated carbocycles. The van der Waals surface area contributed by atoms with E-state index in [1.807, 2.05) is 36.9 Å². The SMILES string of the molecule is CNc1cc(-c2cnc3[nH]ccc3c2)ccc1N(C)SOC. The van der Waals surface area contributed by atoms with Gasteiger partial charge in [-0.15, -0.1) is 0 Å². The van der Waals surface area contributed by atoms with E-state index in [1.165, 1.54) is 12.2 Å². The summed E-state index contributed by atoms with van der Waals surface area (Å²) in [7, 11) is 5.55. The van der Waals surface area contributed by atoms with Crippen molar-refractivity contribution in [2.45, 2.75) is 0 Å². The highest BCUT2D eigenvalue weighted by Crippen LogP contribution is 2.33. The fourth-order valence-corrected chi connectivity index (χ4v) is 2.90. The molecule has 2 N–H and O–H groups in total. The number of aromatic nitrogens is 2. The minimum absolute atomic E-state index is 0.908. The first-order valence-electron chi connectivity index (χ1n) is 6.92. The molecule has 0 aliphatic carbocycles. The molecule has 0 radical (unpaired) electrons. The van der Waals surface area contributed by atoms with Crippen LogP contribution in [0, 0.1) is 0 Å². The first-order chi connectivity index (χ1) is 10.7. The number of hydrogen-bond acceptors (Lipinski definition) is 5. The lowest BCUT2D eigenvalue weighted by molar-refractivity contribution is 0.489. The van der Waals surface area contributed by atoms with Crippen molar-refractivity contribution < 1.29 is 4.18 Å². The largest absolute Gasteiger partial charge is 0.386 e. The topological polar surface area (TPSA) is 53.2 Å². The number of fused-ring (bicyclic) bond motifs is 1. The Morgan fingerprint density at radius 2 is 2.09 bits per heavy atom. The van der Waals surface area contributed by atoms with E-state index in [-0.39, 0.29) is 0 Å². The fourth-order valence-electron chi connectivity index (χ4n) is 2.44. The Labute approximate surface area is 134 Å². The van der Waals surface area contributed by atoms with Gasteiger partial charge in [-0.05, 0) is 29.8 Å². The number of benzene rings is 1. The van der Waals surface area contributed by atoms with Gasteiger partial charge in [-0.3, -0.25) is 4.31 Å². The smallest absolute Gasteiger partial charge is 0.137 e. The van der Waals surface area contributed by atoms with Crippen molar-refractivity contribution in [1.82, 2.24) is 9.97 Å². The number of anilines is 2. The standard InChI is InChI=1S/C16H18N4OS/c1-17-14-9-11(4-5-15(14)20(2)22-21-3)13-8-12-6-7-18-16(12)19-10-13/h4-10,17H,1-3H3,(H,18,19). The third-order valence-electron chi connectivity index (χ3n) is 3.52. The number of aromatic amines is 1. The Morgan fingerprint density at radius 1 is 1.23 bits per heavy atom. The van der Waals surface area contributed by atoms with Crippen molar-refractivity contribution in [3.63, 3.8) is 0 Å². The van der Waals surface area contributed by atoms with Gasteiger partial charge in [-0.2, -0.15) is 0 Å². The summed E-state index contributed by atoms with van der Waals surface area (Å²) in [5.41, 5.74) is 5.23. The highest BCUT2D eigenvalue weighted by Gasteiger charge is 2.10. The van der Waals surface area contributed by atoms with E-state index < -0.39 is 0 Å². The lowest BCUT2D eigenvalue weighted by Gasteiger charge is -2.20. The lowest BCUT2D eigenvalue weighted by atomic mass is 10.1. The van der Waals surface area contributed by atoms with Gasteiger partial charge >= 0.3 is 0 Å². The van der Waals surface area contributed by atoms with Crippen LogP contribution in [0.2, 0.25) is 0 Å². The molecule has 0 unspecified atom stereocenters. The van der Waals surface area contributed by atoms with Crippen molar-refractivity contribution in [2.75, 3.05) is 30.8 Å². The van der Waals surface area contributed by atoms with Gasteiger partial charge in [0.25, 0.3) is 0 Å². The van der Waals surface area contributed by atoms with Gasteiger partial charge in [0.05, 0.1) is 18.5 Å². The van der Waals surface area contributed by atoms with E-state index in [2.05, 4.69) is 39.6 Å². The van der Waals surface area contributed by atoms with Gasteiger partial charge in [0.1, 0.15) is 17.9 Å². The molecule has 0 aliphatic rings. The van der Waals surface area contributed by atoms with Crippen LogP contribution in [0.1, 0.15) is 0 Å². The molecule has 0 saturated heterocycles. The zero-order chi connectivity index (χ0) is 15.5. The van der Waals surface area contributed by atoms with Gasteiger partial charge in [0.15, 0.2) is 0 Å². The molecule has 0 aliphatic heterocycles. The Hall–Kier alpha value is -2.18. The molecule has 2 heterocycles. The predicted molar refractivity (Wildman–Crippen MR) is 94.1 cm³/mol. The Kier molecular flexibility index (Phi) is 4.22.